The smallest absolute Gasteiger partial charge is 0.144 e. The van der Waals surface area contributed by atoms with Gasteiger partial charge in [-0.2, -0.15) is 0 Å². The van der Waals surface area contributed by atoms with E-state index in [1.807, 2.05) is 12.3 Å². The molecule has 3 heterocycles. The first-order chi connectivity index (χ1) is 14.8. The van der Waals surface area contributed by atoms with Gasteiger partial charge in [-0.25, -0.2) is 0 Å². The van der Waals surface area contributed by atoms with Crippen LogP contribution in [-0.2, 0) is 0 Å². The third kappa shape index (κ3) is 6.72. The molecule has 0 saturated heterocycles. The topological polar surface area (TPSA) is 56.6 Å². The summed E-state index contributed by atoms with van der Waals surface area (Å²) in [4.78, 5) is 10.3. The number of unbranched alkanes of at least 4 members (excludes halogenated alkanes) is 7. The summed E-state index contributed by atoms with van der Waals surface area (Å²) < 4.78 is 5.97. The summed E-state index contributed by atoms with van der Waals surface area (Å²) in [5, 5.41) is 2.28. The van der Waals surface area contributed by atoms with Crippen LogP contribution in [0.3, 0.4) is 0 Å². The van der Waals surface area contributed by atoms with E-state index in [0.29, 0.717) is 6.61 Å². The highest BCUT2D eigenvalue weighted by Gasteiger charge is 2.09. The molecule has 3 N–H and O–H groups in total. The molecular weight excluding hydrogens is 370 g/mol. The second-order valence-electron chi connectivity index (χ2n) is 8.02. The number of hydrogen-bond acceptors (Lipinski definition) is 1. The van der Waals surface area contributed by atoms with E-state index in [1.54, 1.807) is 0 Å². The van der Waals surface area contributed by atoms with Gasteiger partial charge in [0.1, 0.15) is 5.75 Å². The highest BCUT2D eigenvalue weighted by atomic mass is 16.5. The Morgan fingerprint density at radius 2 is 1.63 bits per heavy atom. The minimum absolute atomic E-state index is 0.713. The molecule has 0 aliphatic carbocycles. The number of nitrogens with one attached hydrogen (secondary N) is 3. The Bertz CT molecular complexity index is 963. The fourth-order valence-electron chi connectivity index (χ4n) is 3.68. The van der Waals surface area contributed by atoms with Gasteiger partial charge in [-0.15, -0.1) is 0 Å². The lowest BCUT2D eigenvalue weighted by Crippen LogP contribution is -2.09. The molecule has 4 heteroatoms. The molecule has 0 aliphatic rings. The molecule has 3 aromatic rings. The van der Waals surface area contributed by atoms with Crippen LogP contribution in [0.1, 0.15) is 77.3 Å². The van der Waals surface area contributed by atoms with Crippen molar-refractivity contribution in [2.45, 2.75) is 71.6 Å². The molecule has 4 nitrogen and oxygen atoms in total. The van der Waals surface area contributed by atoms with Crippen LogP contribution in [0.25, 0.3) is 23.5 Å². The van der Waals surface area contributed by atoms with E-state index in [0.717, 1.165) is 41.0 Å². The van der Waals surface area contributed by atoms with E-state index >= 15 is 0 Å². The van der Waals surface area contributed by atoms with Crippen molar-refractivity contribution in [3.05, 3.63) is 52.9 Å². The molecule has 3 rings (SSSR count). The first kappa shape index (κ1) is 22.1. The number of ether oxygens (including phenoxy) is 1. The second-order valence-corrected chi connectivity index (χ2v) is 8.02. The number of rotatable bonds is 13. The first-order valence-electron chi connectivity index (χ1n) is 11.7. The van der Waals surface area contributed by atoms with Crippen LogP contribution in [0.5, 0.6) is 5.75 Å². The van der Waals surface area contributed by atoms with Crippen molar-refractivity contribution in [3.8, 4) is 17.1 Å². The summed E-state index contributed by atoms with van der Waals surface area (Å²) in [7, 11) is 0. The third-order valence-corrected chi connectivity index (χ3v) is 5.36. The minimum Gasteiger partial charge on any atom is -0.491 e. The van der Waals surface area contributed by atoms with Crippen LogP contribution in [0.2, 0.25) is 0 Å². The Balaban J connectivity index is 1.63. The molecule has 162 valence electrons. The molecule has 0 spiro atoms. The van der Waals surface area contributed by atoms with Crippen LogP contribution in [-0.4, -0.2) is 21.6 Å². The number of H-pyrrole nitrogens is 3. The summed E-state index contributed by atoms with van der Waals surface area (Å²) in [5.74, 6) is 0.893. The van der Waals surface area contributed by atoms with Crippen molar-refractivity contribution in [1.29, 1.82) is 0 Å². The molecule has 0 amide bonds. The molecule has 0 unspecified atom stereocenters. The predicted octanol–water partition coefficient (Wildman–Crippen LogP) is 5.88. The maximum absolute atomic E-state index is 5.97. The third-order valence-electron chi connectivity index (χ3n) is 5.36. The summed E-state index contributed by atoms with van der Waals surface area (Å²) in [6.07, 6.45) is 18.0. The van der Waals surface area contributed by atoms with Gasteiger partial charge in [0.05, 0.1) is 23.7 Å². The minimum atomic E-state index is 0.713. The van der Waals surface area contributed by atoms with Gasteiger partial charge in [-0.1, -0.05) is 58.4 Å². The van der Waals surface area contributed by atoms with Gasteiger partial charge in [-0.3, -0.25) is 0 Å². The lowest BCUT2D eigenvalue weighted by Gasteiger charge is -2.02. The van der Waals surface area contributed by atoms with Crippen molar-refractivity contribution in [2.75, 3.05) is 6.61 Å². The number of hydrogen-bond donors (Lipinski definition) is 3. The summed E-state index contributed by atoms with van der Waals surface area (Å²) in [5.41, 5.74) is 3.09. The van der Waals surface area contributed by atoms with Crippen molar-refractivity contribution < 1.29 is 4.74 Å². The fourth-order valence-corrected chi connectivity index (χ4v) is 3.68. The maximum Gasteiger partial charge on any atom is 0.144 e. The Labute approximate surface area is 180 Å². The second kappa shape index (κ2) is 12.2. The van der Waals surface area contributed by atoms with Crippen molar-refractivity contribution in [1.82, 2.24) is 15.0 Å². The van der Waals surface area contributed by atoms with E-state index in [2.05, 4.69) is 65.2 Å². The SMILES string of the molecule is CCCCCCCCCC=c1ccc(=Cc2[nH]c(-c3ccc[nH]3)cc2OCCC)[nH]1. The van der Waals surface area contributed by atoms with Crippen molar-refractivity contribution in [2.24, 2.45) is 0 Å². The molecule has 0 aromatic carbocycles. The van der Waals surface area contributed by atoms with Crippen molar-refractivity contribution >= 4 is 12.2 Å². The van der Waals surface area contributed by atoms with E-state index in [4.69, 9.17) is 4.74 Å². The van der Waals surface area contributed by atoms with Gasteiger partial charge in [0, 0.05) is 23.0 Å². The Hall–Kier alpha value is -2.62. The van der Waals surface area contributed by atoms with Gasteiger partial charge in [0.25, 0.3) is 0 Å². The monoisotopic (exact) mass is 407 g/mol. The average Bonchev–Trinajstić information content (AvgIpc) is 3.50. The Morgan fingerprint density at radius 3 is 2.40 bits per heavy atom. The molecule has 3 aromatic heterocycles. The Morgan fingerprint density at radius 1 is 0.833 bits per heavy atom. The normalized spacial score (nSPS) is 12.7. The summed E-state index contributed by atoms with van der Waals surface area (Å²) >= 11 is 0. The van der Waals surface area contributed by atoms with Gasteiger partial charge < -0.3 is 19.7 Å². The zero-order chi connectivity index (χ0) is 21.0. The average molecular weight is 408 g/mol. The lowest BCUT2D eigenvalue weighted by molar-refractivity contribution is 0.317. The van der Waals surface area contributed by atoms with Crippen molar-refractivity contribution in [3.63, 3.8) is 0 Å². The van der Waals surface area contributed by atoms with Gasteiger partial charge >= 0.3 is 0 Å². The largest absolute Gasteiger partial charge is 0.491 e. The quantitative estimate of drug-likeness (QED) is 0.305. The number of aromatic nitrogens is 3. The Kier molecular flexibility index (Phi) is 8.95. The number of aromatic amines is 3. The van der Waals surface area contributed by atoms with Crippen LogP contribution in [0, 0.1) is 0 Å². The van der Waals surface area contributed by atoms with E-state index in [1.165, 1.54) is 50.3 Å². The van der Waals surface area contributed by atoms with E-state index in [9.17, 15) is 0 Å². The van der Waals surface area contributed by atoms with Gasteiger partial charge in [0.15, 0.2) is 0 Å². The zero-order valence-electron chi connectivity index (χ0n) is 18.6. The summed E-state index contributed by atoms with van der Waals surface area (Å²) in [6, 6.07) is 10.4. The van der Waals surface area contributed by atoms with Crippen LogP contribution < -0.4 is 15.4 Å². The molecule has 0 radical (unpaired) electrons. The molecule has 30 heavy (non-hydrogen) atoms. The van der Waals surface area contributed by atoms with Crippen LogP contribution in [0.15, 0.2) is 36.5 Å². The summed E-state index contributed by atoms with van der Waals surface area (Å²) in [6.45, 7) is 5.11. The fraction of sp³-hybridized carbons (Fsp3) is 0.462. The molecule has 0 fully saturated rings. The van der Waals surface area contributed by atoms with Gasteiger partial charge in [0.2, 0.25) is 0 Å². The van der Waals surface area contributed by atoms with E-state index in [-0.39, 0.29) is 0 Å². The van der Waals surface area contributed by atoms with E-state index < -0.39 is 0 Å². The highest BCUT2D eigenvalue weighted by Crippen LogP contribution is 2.27. The highest BCUT2D eigenvalue weighted by molar-refractivity contribution is 5.65. The first-order valence-corrected chi connectivity index (χ1v) is 11.7. The molecular formula is C26H37N3O. The predicted molar refractivity (Wildman–Crippen MR) is 127 cm³/mol. The van der Waals surface area contributed by atoms with Crippen LogP contribution in [0.4, 0.5) is 0 Å². The zero-order valence-corrected chi connectivity index (χ0v) is 18.6. The molecule has 0 bridgehead atoms. The molecule has 0 aliphatic heterocycles. The van der Waals surface area contributed by atoms with Crippen LogP contribution >= 0.6 is 0 Å². The lowest BCUT2D eigenvalue weighted by atomic mass is 10.1. The van der Waals surface area contributed by atoms with Gasteiger partial charge in [-0.05, 0) is 49.6 Å². The molecule has 0 atom stereocenters. The maximum atomic E-state index is 5.97. The standard InChI is InChI=1S/C26H37N3O/c1-3-5-6-7-8-9-10-11-13-21-15-16-22(28-21)19-25-26(30-18-4-2)20-24(29-25)23-14-12-17-27-23/h12-17,19-20,27-29H,3-11,18H2,1-2H3. The molecule has 0 saturated carbocycles.